The van der Waals surface area contributed by atoms with E-state index in [1.807, 2.05) is 46.7 Å². The SMILES string of the molecule is CC[C@H](C)[C@@H]([C@@H](CC(=O)N1CCC[C@H]1[C@H](OC)[C@@H](C)C(N)=O)OC)N(C)C(=O)CNC(=O)C(C(C)C)N(C)C. The normalized spacial score (nSPS) is 20.3. The number of likely N-dealkylation sites (N-methyl/N-ethyl adjacent to an activating group) is 2. The highest BCUT2D eigenvalue weighted by molar-refractivity contribution is 5.87. The second-order valence-electron chi connectivity index (χ2n) is 11.4. The molecule has 1 heterocycles. The zero-order chi connectivity index (χ0) is 30.0. The number of carbonyl (C=O) groups is 4. The Morgan fingerprint density at radius 3 is 2.13 bits per heavy atom. The number of hydrogen-bond donors (Lipinski definition) is 2. The highest BCUT2D eigenvalue weighted by Gasteiger charge is 2.41. The molecule has 0 saturated carbocycles. The molecule has 39 heavy (non-hydrogen) atoms. The smallest absolute Gasteiger partial charge is 0.242 e. The average Bonchev–Trinajstić information content (AvgIpc) is 3.35. The van der Waals surface area contributed by atoms with Crippen molar-refractivity contribution >= 4 is 23.6 Å². The van der Waals surface area contributed by atoms with Crippen molar-refractivity contribution in [2.75, 3.05) is 48.5 Å². The first-order chi connectivity index (χ1) is 18.2. The van der Waals surface area contributed by atoms with Gasteiger partial charge in [0, 0.05) is 27.8 Å². The fourth-order valence-electron chi connectivity index (χ4n) is 5.86. The number of amides is 4. The lowest BCUT2D eigenvalue weighted by atomic mass is 9.90. The zero-order valence-corrected chi connectivity index (χ0v) is 25.7. The lowest BCUT2D eigenvalue weighted by Crippen LogP contribution is -2.55. The summed E-state index contributed by atoms with van der Waals surface area (Å²) < 4.78 is 11.4. The molecule has 11 heteroatoms. The van der Waals surface area contributed by atoms with E-state index in [0.29, 0.717) is 6.54 Å². The molecule has 1 rings (SSSR count). The van der Waals surface area contributed by atoms with Gasteiger partial charge in [-0.15, -0.1) is 0 Å². The first-order valence-corrected chi connectivity index (χ1v) is 14.1. The summed E-state index contributed by atoms with van der Waals surface area (Å²) in [4.78, 5) is 56.6. The van der Waals surface area contributed by atoms with Crippen LogP contribution in [0.2, 0.25) is 0 Å². The molecule has 0 aliphatic carbocycles. The summed E-state index contributed by atoms with van der Waals surface area (Å²) in [5.41, 5.74) is 5.53. The van der Waals surface area contributed by atoms with Crippen molar-refractivity contribution in [2.24, 2.45) is 23.5 Å². The Hall–Kier alpha value is -2.24. The number of hydrogen-bond acceptors (Lipinski definition) is 7. The third kappa shape index (κ3) is 9.14. The molecule has 1 saturated heterocycles. The van der Waals surface area contributed by atoms with Crippen molar-refractivity contribution in [2.45, 2.75) is 90.6 Å². The van der Waals surface area contributed by atoms with Gasteiger partial charge in [-0.05, 0) is 38.8 Å². The summed E-state index contributed by atoms with van der Waals surface area (Å²) in [6, 6.07) is -0.990. The van der Waals surface area contributed by atoms with Gasteiger partial charge in [0.05, 0.1) is 49.2 Å². The van der Waals surface area contributed by atoms with E-state index in [0.717, 1.165) is 19.3 Å². The Labute approximate surface area is 235 Å². The lowest BCUT2D eigenvalue weighted by Gasteiger charge is -2.39. The highest BCUT2D eigenvalue weighted by atomic mass is 16.5. The maximum Gasteiger partial charge on any atom is 0.242 e. The number of ether oxygens (including phenoxy) is 2. The van der Waals surface area contributed by atoms with Crippen molar-refractivity contribution in [1.29, 1.82) is 0 Å². The van der Waals surface area contributed by atoms with E-state index in [1.165, 1.54) is 7.11 Å². The van der Waals surface area contributed by atoms with Crippen LogP contribution in [0.5, 0.6) is 0 Å². The maximum atomic E-state index is 13.6. The van der Waals surface area contributed by atoms with Crippen LogP contribution in [0.3, 0.4) is 0 Å². The predicted molar refractivity (Wildman–Crippen MR) is 151 cm³/mol. The Morgan fingerprint density at radius 2 is 1.67 bits per heavy atom. The molecule has 0 spiro atoms. The van der Waals surface area contributed by atoms with Crippen LogP contribution >= 0.6 is 0 Å². The Balaban J connectivity index is 3.04. The Kier molecular flexibility index (Phi) is 14.4. The highest BCUT2D eigenvalue weighted by Crippen LogP contribution is 2.29. The van der Waals surface area contributed by atoms with Crippen LogP contribution in [0, 0.1) is 17.8 Å². The van der Waals surface area contributed by atoms with E-state index in [1.54, 1.807) is 30.9 Å². The average molecular weight is 556 g/mol. The van der Waals surface area contributed by atoms with Gasteiger partial charge in [0.2, 0.25) is 23.6 Å². The first kappa shape index (κ1) is 34.8. The number of nitrogens with two attached hydrogens (primary N) is 1. The molecule has 7 atom stereocenters. The van der Waals surface area contributed by atoms with Gasteiger partial charge in [-0.2, -0.15) is 0 Å². The first-order valence-electron chi connectivity index (χ1n) is 14.1. The third-order valence-corrected chi connectivity index (χ3v) is 8.21. The van der Waals surface area contributed by atoms with E-state index < -0.39 is 24.0 Å². The zero-order valence-electron chi connectivity index (χ0n) is 25.7. The van der Waals surface area contributed by atoms with E-state index in [4.69, 9.17) is 15.2 Å². The molecule has 0 aromatic heterocycles. The second-order valence-corrected chi connectivity index (χ2v) is 11.4. The number of nitrogens with one attached hydrogen (secondary N) is 1. The summed E-state index contributed by atoms with van der Waals surface area (Å²) in [7, 11) is 8.45. The molecule has 0 aromatic carbocycles. The van der Waals surface area contributed by atoms with E-state index >= 15 is 0 Å². The summed E-state index contributed by atoms with van der Waals surface area (Å²) in [6.07, 6.45) is 1.31. The molecule has 226 valence electrons. The largest absolute Gasteiger partial charge is 0.379 e. The van der Waals surface area contributed by atoms with Crippen LogP contribution in [0.25, 0.3) is 0 Å². The molecule has 0 bridgehead atoms. The van der Waals surface area contributed by atoms with E-state index in [9.17, 15) is 19.2 Å². The van der Waals surface area contributed by atoms with Crippen LogP contribution in [0.15, 0.2) is 0 Å². The van der Waals surface area contributed by atoms with Crippen LogP contribution in [-0.2, 0) is 28.7 Å². The minimum atomic E-state index is -0.557. The van der Waals surface area contributed by atoms with Gasteiger partial charge in [0.25, 0.3) is 0 Å². The van der Waals surface area contributed by atoms with Gasteiger partial charge in [-0.3, -0.25) is 24.1 Å². The molecule has 3 N–H and O–H groups in total. The number of carbonyl (C=O) groups excluding carboxylic acids is 4. The summed E-state index contributed by atoms with van der Waals surface area (Å²) in [5, 5.41) is 2.79. The van der Waals surface area contributed by atoms with Gasteiger partial charge in [0.15, 0.2) is 0 Å². The molecule has 11 nitrogen and oxygen atoms in total. The Morgan fingerprint density at radius 1 is 1.05 bits per heavy atom. The fourth-order valence-corrected chi connectivity index (χ4v) is 5.86. The van der Waals surface area contributed by atoms with Crippen molar-refractivity contribution in [3.8, 4) is 0 Å². The van der Waals surface area contributed by atoms with Gasteiger partial charge < -0.3 is 30.3 Å². The molecule has 0 aromatic rings. The lowest BCUT2D eigenvalue weighted by molar-refractivity contribution is -0.145. The van der Waals surface area contributed by atoms with Crippen molar-refractivity contribution in [1.82, 2.24) is 20.0 Å². The molecule has 1 aliphatic rings. The van der Waals surface area contributed by atoms with Gasteiger partial charge in [-0.1, -0.05) is 41.0 Å². The number of methoxy groups -OCH3 is 2. The number of nitrogens with zero attached hydrogens (tertiary/aromatic N) is 3. The number of likely N-dealkylation sites (tertiary alicyclic amines) is 1. The summed E-state index contributed by atoms with van der Waals surface area (Å²) in [6.45, 7) is 10.1. The van der Waals surface area contributed by atoms with Crippen LogP contribution in [0.4, 0.5) is 0 Å². The molecular weight excluding hydrogens is 502 g/mol. The summed E-state index contributed by atoms with van der Waals surface area (Å²) >= 11 is 0. The monoisotopic (exact) mass is 555 g/mol. The van der Waals surface area contributed by atoms with Crippen molar-refractivity contribution in [3.63, 3.8) is 0 Å². The maximum absolute atomic E-state index is 13.6. The third-order valence-electron chi connectivity index (χ3n) is 8.21. The molecular formula is C28H53N5O6. The molecule has 1 unspecified atom stereocenters. The van der Waals surface area contributed by atoms with Crippen molar-refractivity contribution in [3.05, 3.63) is 0 Å². The van der Waals surface area contributed by atoms with Crippen LogP contribution in [0.1, 0.15) is 60.3 Å². The van der Waals surface area contributed by atoms with Crippen LogP contribution in [-0.4, -0.2) is 117 Å². The molecule has 0 radical (unpaired) electrons. The number of rotatable bonds is 16. The minimum absolute atomic E-state index is 0.0357. The minimum Gasteiger partial charge on any atom is -0.379 e. The van der Waals surface area contributed by atoms with Gasteiger partial charge in [0.1, 0.15) is 0 Å². The van der Waals surface area contributed by atoms with Gasteiger partial charge >= 0.3 is 0 Å². The van der Waals surface area contributed by atoms with E-state index in [-0.39, 0.29) is 60.6 Å². The Bertz CT molecular complexity index is 814. The quantitative estimate of drug-likeness (QED) is 0.291. The summed E-state index contributed by atoms with van der Waals surface area (Å²) in [5.74, 6) is -1.45. The second kappa shape index (κ2) is 16.1. The topological polar surface area (TPSA) is 135 Å². The van der Waals surface area contributed by atoms with Crippen molar-refractivity contribution < 1.29 is 28.7 Å². The van der Waals surface area contributed by atoms with Gasteiger partial charge in [-0.25, -0.2) is 0 Å². The molecule has 1 aliphatic heterocycles. The standard InChI is InChI=1S/C28H53N5O6/c1-11-18(4)25(32(8)23(35)16-30-28(37)24(17(2)3)31(6)7)21(38-9)15-22(34)33-14-12-13-20(33)26(39-10)19(5)27(29)36/h17-21,24-26H,11-16H2,1-10H3,(H2,29,36)(H,30,37)/t18-,19+,20-,21+,24?,25-,26+/m0/s1. The fraction of sp³-hybridized carbons (Fsp3) is 0.857. The van der Waals surface area contributed by atoms with E-state index in [2.05, 4.69) is 5.32 Å². The van der Waals surface area contributed by atoms with Crippen LogP contribution < -0.4 is 11.1 Å². The predicted octanol–water partition coefficient (Wildman–Crippen LogP) is 1.09. The number of primary amides is 1. The molecule has 1 fully saturated rings. The molecule has 4 amide bonds.